The number of rotatable bonds is 1. The Balaban J connectivity index is 1.42. The molecule has 3 fully saturated rings. The summed E-state index contributed by atoms with van der Waals surface area (Å²) in [6, 6.07) is 6.79. The molecule has 0 spiro atoms. The zero-order valence-corrected chi connectivity index (χ0v) is 15.2. The number of urea groups is 1. The van der Waals surface area contributed by atoms with Crippen molar-refractivity contribution in [1.82, 2.24) is 9.80 Å². The molecule has 0 aliphatic carbocycles. The van der Waals surface area contributed by atoms with Crippen LogP contribution in [0.25, 0.3) is 0 Å². The van der Waals surface area contributed by atoms with Gasteiger partial charge in [-0.2, -0.15) is 0 Å². The first-order chi connectivity index (χ1) is 11.1. The van der Waals surface area contributed by atoms with E-state index in [9.17, 15) is 4.79 Å². The predicted octanol–water partition coefficient (Wildman–Crippen LogP) is 3.71. The van der Waals surface area contributed by atoms with Gasteiger partial charge in [-0.25, -0.2) is 4.79 Å². The second-order valence-corrected chi connectivity index (χ2v) is 8.19. The number of carbonyl (C=O) groups is 1. The Kier molecular flexibility index (Phi) is 4.10. The molecule has 2 amide bonds. The summed E-state index contributed by atoms with van der Waals surface area (Å²) in [5.74, 6) is 1.36. The molecule has 1 aromatic rings. The van der Waals surface area contributed by atoms with Crippen LogP contribution in [-0.2, 0) is 0 Å². The van der Waals surface area contributed by atoms with Gasteiger partial charge in [0, 0.05) is 35.8 Å². The Bertz CT molecular complexity index is 620. The van der Waals surface area contributed by atoms with Crippen molar-refractivity contribution in [2.45, 2.75) is 32.2 Å². The first-order valence-electron chi connectivity index (χ1n) is 8.68. The molecule has 0 radical (unpaired) electrons. The first-order valence-corrected chi connectivity index (χ1v) is 9.47. The van der Waals surface area contributed by atoms with Crippen molar-refractivity contribution in [2.75, 3.05) is 31.5 Å². The molecule has 4 rings (SSSR count). The minimum atomic E-state index is 0.0583. The second-order valence-electron chi connectivity index (χ2n) is 7.28. The maximum atomic E-state index is 12.7. The lowest BCUT2D eigenvalue weighted by Gasteiger charge is -2.33. The van der Waals surface area contributed by atoms with Crippen LogP contribution >= 0.6 is 15.9 Å². The minimum absolute atomic E-state index is 0.0583. The quantitative estimate of drug-likeness (QED) is 0.809. The van der Waals surface area contributed by atoms with E-state index in [-0.39, 0.29) is 6.03 Å². The molecule has 3 aliphatic heterocycles. The van der Waals surface area contributed by atoms with Crippen LogP contribution in [0, 0.1) is 18.8 Å². The van der Waals surface area contributed by atoms with E-state index >= 15 is 0 Å². The molecule has 3 aliphatic rings. The molecule has 3 atom stereocenters. The van der Waals surface area contributed by atoms with Crippen LogP contribution in [0.15, 0.2) is 22.7 Å². The van der Waals surface area contributed by atoms with Crippen LogP contribution in [-0.4, -0.2) is 48.1 Å². The van der Waals surface area contributed by atoms with E-state index in [1.54, 1.807) is 0 Å². The number of hydrogen-bond donors (Lipinski definition) is 1. The number of fused-ring (bicyclic) bond motifs is 3. The standard InChI is InChI=1S/C18H24BrN3O/c1-12-5-6-14(19)8-16(12)20-18(23)22-10-13-9-21-7-3-2-4-17(21)15(13)11-22/h5-6,8,13,15,17H,2-4,7,9-11H2,1H3,(H,20,23)/t13-,15+,17+/m0/s1. The van der Waals surface area contributed by atoms with Crippen molar-refractivity contribution in [3.8, 4) is 0 Å². The number of benzene rings is 1. The molecular weight excluding hydrogens is 354 g/mol. The highest BCUT2D eigenvalue weighted by Gasteiger charge is 2.48. The number of halogens is 1. The van der Waals surface area contributed by atoms with Gasteiger partial charge in [-0.3, -0.25) is 4.90 Å². The maximum absolute atomic E-state index is 12.7. The van der Waals surface area contributed by atoms with E-state index in [0.717, 1.165) is 34.9 Å². The van der Waals surface area contributed by atoms with E-state index in [1.165, 1.54) is 32.4 Å². The molecule has 3 heterocycles. The molecule has 0 unspecified atom stereocenters. The maximum Gasteiger partial charge on any atom is 0.321 e. The average molecular weight is 378 g/mol. The molecular formula is C18H24BrN3O. The van der Waals surface area contributed by atoms with Crippen molar-refractivity contribution in [1.29, 1.82) is 0 Å². The van der Waals surface area contributed by atoms with Crippen molar-refractivity contribution >= 4 is 27.6 Å². The van der Waals surface area contributed by atoms with Crippen LogP contribution in [0.4, 0.5) is 10.5 Å². The lowest BCUT2D eigenvalue weighted by molar-refractivity contribution is 0.157. The number of likely N-dealkylation sites (tertiary alicyclic amines) is 1. The van der Waals surface area contributed by atoms with E-state index in [0.29, 0.717) is 11.8 Å². The SMILES string of the molecule is Cc1ccc(Br)cc1NC(=O)N1C[C@@H]2CN3CCCC[C@@H]3[C@@H]2C1. The number of carbonyl (C=O) groups excluding carboxylic acids is 1. The average Bonchev–Trinajstić information content (AvgIpc) is 3.08. The summed E-state index contributed by atoms with van der Waals surface area (Å²) in [6.07, 6.45) is 4.03. The van der Waals surface area contributed by atoms with Gasteiger partial charge in [-0.05, 0) is 55.8 Å². The number of anilines is 1. The van der Waals surface area contributed by atoms with Crippen molar-refractivity contribution < 1.29 is 4.79 Å². The van der Waals surface area contributed by atoms with Crippen molar-refractivity contribution in [2.24, 2.45) is 11.8 Å². The third-order valence-electron chi connectivity index (χ3n) is 5.85. The Morgan fingerprint density at radius 1 is 1.26 bits per heavy atom. The number of piperidine rings is 1. The lowest BCUT2D eigenvalue weighted by atomic mass is 9.90. The molecule has 0 aromatic heterocycles. The molecule has 0 bridgehead atoms. The Morgan fingerprint density at radius 2 is 2.13 bits per heavy atom. The van der Waals surface area contributed by atoms with E-state index < -0.39 is 0 Å². The molecule has 0 saturated carbocycles. The van der Waals surface area contributed by atoms with Crippen LogP contribution in [0.1, 0.15) is 24.8 Å². The zero-order valence-electron chi connectivity index (χ0n) is 13.6. The summed E-state index contributed by atoms with van der Waals surface area (Å²) in [5.41, 5.74) is 2.00. The molecule has 1 N–H and O–H groups in total. The van der Waals surface area contributed by atoms with Crippen LogP contribution < -0.4 is 5.32 Å². The first kappa shape index (κ1) is 15.5. The van der Waals surface area contributed by atoms with Crippen LogP contribution in [0.3, 0.4) is 0 Å². The van der Waals surface area contributed by atoms with Crippen molar-refractivity contribution in [3.63, 3.8) is 0 Å². The Morgan fingerprint density at radius 3 is 3.00 bits per heavy atom. The van der Waals surface area contributed by atoms with Gasteiger partial charge < -0.3 is 10.2 Å². The number of hydrogen-bond acceptors (Lipinski definition) is 2. The minimum Gasteiger partial charge on any atom is -0.324 e. The molecule has 5 heteroatoms. The monoisotopic (exact) mass is 377 g/mol. The Hall–Kier alpha value is -1.07. The summed E-state index contributed by atoms with van der Waals surface area (Å²) in [7, 11) is 0. The van der Waals surface area contributed by atoms with E-state index in [4.69, 9.17) is 0 Å². The number of nitrogens with zero attached hydrogens (tertiary/aromatic N) is 2. The molecule has 3 saturated heterocycles. The third kappa shape index (κ3) is 2.89. The number of aryl methyl sites for hydroxylation is 1. The Labute approximate surface area is 146 Å². The fourth-order valence-electron chi connectivity index (χ4n) is 4.64. The second kappa shape index (κ2) is 6.10. The summed E-state index contributed by atoms with van der Waals surface area (Å²) in [5, 5.41) is 3.10. The number of amides is 2. The highest BCUT2D eigenvalue weighted by Crippen LogP contribution is 2.40. The van der Waals surface area contributed by atoms with Gasteiger partial charge in [0.25, 0.3) is 0 Å². The molecule has 23 heavy (non-hydrogen) atoms. The van der Waals surface area contributed by atoms with Gasteiger partial charge in [0.15, 0.2) is 0 Å². The third-order valence-corrected chi connectivity index (χ3v) is 6.34. The topological polar surface area (TPSA) is 35.6 Å². The van der Waals surface area contributed by atoms with Crippen molar-refractivity contribution in [3.05, 3.63) is 28.2 Å². The zero-order chi connectivity index (χ0) is 16.0. The predicted molar refractivity (Wildman–Crippen MR) is 95.7 cm³/mol. The van der Waals surface area contributed by atoms with Gasteiger partial charge >= 0.3 is 6.03 Å². The molecule has 124 valence electrons. The van der Waals surface area contributed by atoms with Gasteiger partial charge in [-0.1, -0.05) is 28.4 Å². The van der Waals surface area contributed by atoms with Gasteiger partial charge in [0.2, 0.25) is 0 Å². The normalized spacial score (nSPS) is 30.2. The van der Waals surface area contributed by atoms with Crippen LogP contribution in [0.2, 0.25) is 0 Å². The van der Waals surface area contributed by atoms with Crippen LogP contribution in [0.5, 0.6) is 0 Å². The molecule has 4 nitrogen and oxygen atoms in total. The largest absolute Gasteiger partial charge is 0.324 e. The van der Waals surface area contributed by atoms with Gasteiger partial charge in [-0.15, -0.1) is 0 Å². The highest BCUT2D eigenvalue weighted by atomic mass is 79.9. The van der Waals surface area contributed by atoms with Gasteiger partial charge in [0.1, 0.15) is 0 Å². The summed E-state index contributed by atoms with van der Waals surface area (Å²) >= 11 is 3.48. The smallest absolute Gasteiger partial charge is 0.321 e. The number of nitrogens with one attached hydrogen (secondary N) is 1. The lowest BCUT2D eigenvalue weighted by Crippen LogP contribution is -2.41. The summed E-state index contributed by atoms with van der Waals surface area (Å²) < 4.78 is 0.995. The fraction of sp³-hybridized carbons (Fsp3) is 0.611. The fourth-order valence-corrected chi connectivity index (χ4v) is 5.01. The summed E-state index contributed by atoms with van der Waals surface area (Å²) in [6.45, 7) is 6.32. The highest BCUT2D eigenvalue weighted by molar-refractivity contribution is 9.10. The van der Waals surface area contributed by atoms with E-state index in [2.05, 4.69) is 26.1 Å². The van der Waals surface area contributed by atoms with E-state index in [1.807, 2.05) is 30.0 Å². The molecule has 1 aromatic carbocycles. The van der Waals surface area contributed by atoms with Gasteiger partial charge in [0.05, 0.1) is 0 Å². The summed E-state index contributed by atoms with van der Waals surface area (Å²) in [4.78, 5) is 17.4.